The number of benzene rings is 2. The highest BCUT2D eigenvalue weighted by molar-refractivity contribution is 7.89. The van der Waals surface area contributed by atoms with E-state index in [4.69, 9.17) is 16.9 Å². The first-order valence-corrected chi connectivity index (χ1v) is 9.84. The third-order valence-electron chi connectivity index (χ3n) is 4.31. The lowest BCUT2D eigenvalue weighted by Crippen LogP contribution is -2.48. The van der Waals surface area contributed by atoms with E-state index in [0.29, 0.717) is 18.8 Å². The average molecular weight is 407 g/mol. The van der Waals surface area contributed by atoms with Gasteiger partial charge in [-0.05, 0) is 30.3 Å². The highest BCUT2D eigenvalue weighted by atomic mass is 35.5. The summed E-state index contributed by atoms with van der Waals surface area (Å²) in [4.78, 5) is 12.6. The molecule has 3 rings (SSSR count). The van der Waals surface area contributed by atoms with Gasteiger partial charge in [-0.1, -0.05) is 17.7 Å². The van der Waals surface area contributed by atoms with Crippen LogP contribution >= 0.6 is 11.6 Å². The van der Waals surface area contributed by atoms with Gasteiger partial charge in [0.25, 0.3) is 5.69 Å². The lowest BCUT2D eigenvalue weighted by Gasteiger charge is -2.35. The molecule has 27 heavy (non-hydrogen) atoms. The van der Waals surface area contributed by atoms with E-state index in [1.54, 1.807) is 17.0 Å². The predicted octanol–water partition coefficient (Wildman–Crippen LogP) is 2.63. The SMILES string of the molecule is N#Cc1cccc(S(=O)(=O)N2CCN(c3ccc(Cl)cc3[N+](=O)[O-])CC2)c1. The molecule has 2 aromatic rings. The van der Waals surface area contributed by atoms with Crippen molar-refractivity contribution in [2.75, 3.05) is 31.1 Å². The minimum Gasteiger partial charge on any atom is -0.363 e. The molecule has 0 aromatic heterocycles. The summed E-state index contributed by atoms with van der Waals surface area (Å²) in [6.07, 6.45) is 0. The molecular formula is C17H15ClN4O4S. The van der Waals surface area contributed by atoms with E-state index in [-0.39, 0.29) is 34.3 Å². The van der Waals surface area contributed by atoms with Crippen LogP contribution in [0.15, 0.2) is 47.4 Å². The van der Waals surface area contributed by atoms with Crippen molar-refractivity contribution in [1.82, 2.24) is 4.31 Å². The van der Waals surface area contributed by atoms with Crippen molar-refractivity contribution in [2.24, 2.45) is 0 Å². The number of rotatable bonds is 4. The standard InChI is InChI=1S/C17H15ClN4O4S/c18-14-4-5-16(17(11-14)22(23)24)20-6-8-21(9-7-20)27(25,26)15-3-1-2-13(10-15)12-19/h1-5,10-11H,6-9H2. The van der Waals surface area contributed by atoms with Gasteiger partial charge in [0.1, 0.15) is 5.69 Å². The molecule has 1 saturated heterocycles. The quantitative estimate of drug-likeness (QED) is 0.570. The molecule has 2 aromatic carbocycles. The van der Waals surface area contributed by atoms with Gasteiger partial charge >= 0.3 is 0 Å². The van der Waals surface area contributed by atoms with Crippen LogP contribution in [-0.4, -0.2) is 43.8 Å². The summed E-state index contributed by atoms with van der Waals surface area (Å²) < 4.78 is 26.9. The molecule has 8 nitrogen and oxygen atoms in total. The van der Waals surface area contributed by atoms with Crippen LogP contribution in [0.1, 0.15) is 5.56 Å². The van der Waals surface area contributed by atoms with Crippen molar-refractivity contribution >= 4 is 33.0 Å². The van der Waals surface area contributed by atoms with Crippen molar-refractivity contribution in [3.8, 4) is 6.07 Å². The average Bonchev–Trinajstić information content (AvgIpc) is 2.68. The molecule has 140 valence electrons. The van der Waals surface area contributed by atoms with Gasteiger partial charge < -0.3 is 4.90 Å². The largest absolute Gasteiger partial charge is 0.363 e. The normalized spacial score (nSPS) is 15.3. The van der Waals surface area contributed by atoms with Gasteiger partial charge in [-0.2, -0.15) is 9.57 Å². The molecule has 0 N–H and O–H groups in total. The van der Waals surface area contributed by atoms with Gasteiger partial charge in [0, 0.05) is 37.3 Å². The fourth-order valence-electron chi connectivity index (χ4n) is 2.95. The van der Waals surface area contributed by atoms with E-state index in [1.807, 2.05) is 6.07 Å². The summed E-state index contributed by atoms with van der Waals surface area (Å²) in [5.41, 5.74) is 0.569. The third-order valence-corrected chi connectivity index (χ3v) is 6.44. The Bertz CT molecular complexity index is 1030. The maximum Gasteiger partial charge on any atom is 0.294 e. The first kappa shape index (κ1) is 19.1. The molecular weight excluding hydrogens is 392 g/mol. The molecule has 0 atom stereocenters. The highest BCUT2D eigenvalue weighted by Crippen LogP contribution is 2.32. The van der Waals surface area contributed by atoms with E-state index < -0.39 is 14.9 Å². The van der Waals surface area contributed by atoms with Crippen molar-refractivity contribution in [2.45, 2.75) is 4.90 Å². The van der Waals surface area contributed by atoms with Crippen molar-refractivity contribution in [3.63, 3.8) is 0 Å². The zero-order valence-corrected chi connectivity index (χ0v) is 15.7. The van der Waals surface area contributed by atoms with Crippen molar-refractivity contribution in [1.29, 1.82) is 5.26 Å². The zero-order chi connectivity index (χ0) is 19.6. The summed E-state index contributed by atoms with van der Waals surface area (Å²) in [6, 6.07) is 12.2. The summed E-state index contributed by atoms with van der Waals surface area (Å²) >= 11 is 5.84. The topological polar surface area (TPSA) is 108 Å². The predicted molar refractivity (Wildman–Crippen MR) is 100 cm³/mol. The molecule has 0 unspecified atom stereocenters. The minimum atomic E-state index is -3.73. The van der Waals surface area contributed by atoms with Crippen LogP contribution in [-0.2, 0) is 10.0 Å². The second kappa shape index (κ2) is 7.52. The number of nitriles is 1. The Morgan fingerprint density at radius 1 is 1.11 bits per heavy atom. The van der Waals surface area contributed by atoms with Crippen LogP contribution in [0.25, 0.3) is 0 Å². The zero-order valence-electron chi connectivity index (χ0n) is 14.1. The maximum absolute atomic E-state index is 12.8. The number of anilines is 1. The minimum absolute atomic E-state index is 0.0625. The maximum atomic E-state index is 12.8. The van der Waals surface area contributed by atoms with Gasteiger partial charge in [0.05, 0.1) is 21.5 Å². The number of nitrogens with zero attached hydrogens (tertiary/aromatic N) is 4. The molecule has 1 aliphatic rings. The monoisotopic (exact) mass is 406 g/mol. The molecule has 1 fully saturated rings. The van der Waals surface area contributed by atoms with Crippen LogP contribution in [0.3, 0.4) is 0 Å². The highest BCUT2D eigenvalue weighted by Gasteiger charge is 2.30. The molecule has 0 amide bonds. The second-order valence-corrected chi connectivity index (χ2v) is 8.30. The lowest BCUT2D eigenvalue weighted by molar-refractivity contribution is -0.384. The molecule has 0 saturated carbocycles. The van der Waals surface area contributed by atoms with Gasteiger partial charge in [-0.25, -0.2) is 8.42 Å². The smallest absolute Gasteiger partial charge is 0.294 e. The van der Waals surface area contributed by atoms with E-state index in [9.17, 15) is 18.5 Å². The Labute approximate surface area is 161 Å². The molecule has 0 aliphatic carbocycles. The Hall–Kier alpha value is -2.67. The molecule has 1 aliphatic heterocycles. The Balaban J connectivity index is 1.79. The molecule has 10 heteroatoms. The Morgan fingerprint density at radius 2 is 1.81 bits per heavy atom. The fourth-order valence-corrected chi connectivity index (χ4v) is 4.59. The summed E-state index contributed by atoms with van der Waals surface area (Å²) in [5, 5.41) is 20.5. The number of nitro groups is 1. The van der Waals surface area contributed by atoms with Gasteiger partial charge in [0.15, 0.2) is 0 Å². The van der Waals surface area contributed by atoms with Crippen molar-refractivity contribution in [3.05, 3.63) is 63.2 Å². The van der Waals surface area contributed by atoms with Crippen LogP contribution < -0.4 is 4.90 Å². The molecule has 0 spiro atoms. The number of halogens is 1. The van der Waals surface area contributed by atoms with E-state index in [1.165, 1.54) is 34.6 Å². The van der Waals surface area contributed by atoms with E-state index in [0.717, 1.165) is 0 Å². The first-order valence-electron chi connectivity index (χ1n) is 8.02. The number of nitro benzene ring substituents is 1. The summed E-state index contributed by atoms with van der Waals surface area (Å²) in [5.74, 6) is 0. The van der Waals surface area contributed by atoms with Gasteiger partial charge in [0.2, 0.25) is 10.0 Å². The van der Waals surface area contributed by atoms with Crippen LogP contribution in [0, 0.1) is 21.4 Å². The fraction of sp³-hybridized carbons (Fsp3) is 0.235. The first-order chi connectivity index (χ1) is 12.8. The number of piperazine rings is 1. The van der Waals surface area contributed by atoms with Crippen molar-refractivity contribution < 1.29 is 13.3 Å². The molecule has 1 heterocycles. The number of hydrogen-bond acceptors (Lipinski definition) is 6. The third kappa shape index (κ3) is 3.88. The molecule has 0 radical (unpaired) electrons. The van der Waals surface area contributed by atoms with E-state index in [2.05, 4.69) is 0 Å². The van der Waals surface area contributed by atoms with Crippen LogP contribution in [0.5, 0.6) is 0 Å². The summed E-state index contributed by atoms with van der Waals surface area (Å²) in [7, 11) is -3.73. The van der Waals surface area contributed by atoms with Crippen LogP contribution in [0.2, 0.25) is 5.02 Å². The van der Waals surface area contributed by atoms with E-state index >= 15 is 0 Å². The number of sulfonamides is 1. The van der Waals surface area contributed by atoms with Gasteiger partial charge in [-0.15, -0.1) is 0 Å². The lowest BCUT2D eigenvalue weighted by atomic mass is 10.2. The Morgan fingerprint density at radius 3 is 2.44 bits per heavy atom. The van der Waals surface area contributed by atoms with Crippen LogP contribution in [0.4, 0.5) is 11.4 Å². The number of hydrogen-bond donors (Lipinski definition) is 0. The summed E-state index contributed by atoms with van der Waals surface area (Å²) in [6.45, 7) is 0.969. The Kier molecular flexibility index (Phi) is 5.32. The molecule has 0 bridgehead atoms. The van der Waals surface area contributed by atoms with Gasteiger partial charge in [-0.3, -0.25) is 10.1 Å². The second-order valence-electron chi connectivity index (χ2n) is 5.92.